The molecule has 0 aromatic heterocycles. The lowest BCUT2D eigenvalue weighted by molar-refractivity contribution is 0.0574. The van der Waals surface area contributed by atoms with Gasteiger partial charge in [-0.15, -0.1) is 0 Å². The summed E-state index contributed by atoms with van der Waals surface area (Å²) < 4.78 is 13.2. The Labute approximate surface area is 111 Å². The van der Waals surface area contributed by atoms with Gasteiger partial charge in [0.2, 0.25) is 0 Å². The van der Waals surface area contributed by atoms with Crippen LogP contribution in [0, 0.1) is 5.82 Å². The van der Waals surface area contributed by atoms with Crippen molar-refractivity contribution >= 4 is 11.6 Å². The Hall–Kier alpha value is -1.38. The predicted molar refractivity (Wildman–Crippen MR) is 71.1 cm³/mol. The van der Waals surface area contributed by atoms with Gasteiger partial charge in [0, 0.05) is 17.0 Å². The fourth-order valence-electron chi connectivity index (χ4n) is 2.00. The van der Waals surface area contributed by atoms with Gasteiger partial charge in [0.25, 0.3) is 0 Å². The van der Waals surface area contributed by atoms with Crippen LogP contribution in [0.5, 0.6) is 0 Å². The van der Waals surface area contributed by atoms with E-state index >= 15 is 0 Å². The van der Waals surface area contributed by atoms with E-state index in [0.717, 1.165) is 5.56 Å². The Kier molecular flexibility index (Phi) is 3.69. The summed E-state index contributed by atoms with van der Waals surface area (Å²) in [6, 6.07) is 13.6. The Morgan fingerprint density at radius 3 is 2.50 bits per heavy atom. The van der Waals surface area contributed by atoms with E-state index in [4.69, 9.17) is 11.6 Å². The van der Waals surface area contributed by atoms with Crippen molar-refractivity contribution in [1.82, 2.24) is 0 Å². The van der Waals surface area contributed by atoms with Gasteiger partial charge in [-0.1, -0.05) is 41.9 Å². The Morgan fingerprint density at radius 1 is 1.17 bits per heavy atom. The molecule has 0 radical (unpaired) electrons. The lowest BCUT2D eigenvalue weighted by Gasteiger charge is -2.25. The monoisotopic (exact) mass is 264 g/mol. The topological polar surface area (TPSA) is 20.2 Å². The fraction of sp³-hybridized carbons (Fsp3) is 0.200. The SMILES string of the molecule is CC(O)(Cc1ccccc1)c1cc(F)ccc1Cl. The molecule has 0 heterocycles. The van der Waals surface area contributed by atoms with Gasteiger partial charge in [-0.3, -0.25) is 0 Å². The first kappa shape index (κ1) is 13.1. The molecule has 0 amide bonds. The van der Waals surface area contributed by atoms with Crippen molar-refractivity contribution < 1.29 is 9.50 Å². The predicted octanol–water partition coefficient (Wildman–Crippen LogP) is 3.93. The summed E-state index contributed by atoms with van der Waals surface area (Å²) >= 11 is 6.02. The van der Waals surface area contributed by atoms with Gasteiger partial charge in [-0.25, -0.2) is 4.39 Å². The van der Waals surface area contributed by atoms with E-state index in [0.29, 0.717) is 17.0 Å². The van der Waals surface area contributed by atoms with Crippen molar-refractivity contribution in [2.45, 2.75) is 18.9 Å². The molecule has 1 atom stereocenters. The third kappa shape index (κ3) is 2.89. The van der Waals surface area contributed by atoms with E-state index in [-0.39, 0.29) is 0 Å². The number of aliphatic hydroxyl groups is 1. The lowest BCUT2D eigenvalue weighted by atomic mass is 9.89. The van der Waals surface area contributed by atoms with Crippen LogP contribution >= 0.6 is 11.6 Å². The van der Waals surface area contributed by atoms with Crippen molar-refractivity contribution in [2.75, 3.05) is 0 Å². The maximum atomic E-state index is 13.2. The zero-order chi connectivity index (χ0) is 13.2. The van der Waals surface area contributed by atoms with E-state index in [1.165, 1.54) is 18.2 Å². The molecule has 0 saturated carbocycles. The number of benzene rings is 2. The van der Waals surface area contributed by atoms with Crippen LogP contribution < -0.4 is 0 Å². The van der Waals surface area contributed by atoms with Crippen LogP contribution in [0.2, 0.25) is 5.02 Å². The summed E-state index contributed by atoms with van der Waals surface area (Å²) in [6.45, 7) is 1.64. The molecule has 2 aromatic rings. The van der Waals surface area contributed by atoms with E-state index < -0.39 is 11.4 Å². The maximum Gasteiger partial charge on any atom is 0.123 e. The number of hydrogen-bond donors (Lipinski definition) is 1. The average molecular weight is 265 g/mol. The van der Waals surface area contributed by atoms with E-state index in [1.807, 2.05) is 30.3 Å². The van der Waals surface area contributed by atoms with Gasteiger partial charge in [0.1, 0.15) is 5.82 Å². The fourth-order valence-corrected chi connectivity index (χ4v) is 2.32. The quantitative estimate of drug-likeness (QED) is 0.891. The minimum Gasteiger partial charge on any atom is -0.385 e. The molecule has 0 bridgehead atoms. The first-order valence-corrected chi connectivity index (χ1v) is 6.09. The summed E-state index contributed by atoms with van der Waals surface area (Å²) in [5.41, 5.74) is 0.191. The standard InChI is InChI=1S/C15H14ClFO/c1-15(18,10-11-5-3-2-4-6-11)13-9-12(17)7-8-14(13)16/h2-9,18H,10H2,1H3. The van der Waals surface area contributed by atoms with Crippen molar-refractivity contribution in [3.8, 4) is 0 Å². The zero-order valence-electron chi connectivity index (χ0n) is 10.0. The molecule has 2 rings (SSSR count). The van der Waals surface area contributed by atoms with E-state index in [9.17, 15) is 9.50 Å². The Balaban J connectivity index is 2.33. The van der Waals surface area contributed by atoms with Gasteiger partial charge in [0.15, 0.2) is 0 Å². The highest BCUT2D eigenvalue weighted by molar-refractivity contribution is 6.31. The number of hydrogen-bond acceptors (Lipinski definition) is 1. The highest BCUT2D eigenvalue weighted by atomic mass is 35.5. The molecule has 0 saturated heterocycles. The normalized spacial score (nSPS) is 14.2. The molecule has 1 N–H and O–H groups in total. The molecule has 18 heavy (non-hydrogen) atoms. The lowest BCUT2D eigenvalue weighted by Crippen LogP contribution is -2.25. The molecule has 0 aliphatic heterocycles. The molecule has 3 heteroatoms. The van der Waals surface area contributed by atoms with Crippen LogP contribution in [0.3, 0.4) is 0 Å². The third-order valence-electron chi connectivity index (χ3n) is 2.90. The van der Waals surface area contributed by atoms with Crippen LogP contribution in [0.1, 0.15) is 18.1 Å². The van der Waals surface area contributed by atoms with Crippen LogP contribution in [0.4, 0.5) is 4.39 Å². The van der Waals surface area contributed by atoms with Crippen molar-refractivity contribution in [3.05, 3.63) is 70.5 Å². The smallest absolute Gasteiger partial charge is 0.123 e. The molecular formula is C15H14ClFO. The molecule has 2 aromatic carbocycles. The first-order chi connectivity index (χ1) is 8.49. The van der Waals surface area contributed by atoms with Gasteiger partial charge in [-0.2, -0.15) is 0 Å². The van der Waals surface area contributed by atoms with Gasteiger partial charge in [-0.05, 0) is 30.7 Å². The molecule has 0 spiro atoms. The van der Waals surface area contributed by atoms with E-state index in [1.54, 1.807) is 6.92 Å². The van der Waals surface area contributed by atoms with Crippen molar-refractivity contribution in [1.29, 1.82) is 0 Å². The highest BCUT2D eigenvalue weighted by Crippen LogP contribution is 2.31. The molecule has 94 valence electrons. The highest BCUT2D eigenvalue weighted by Gasteiger charge is 2.26. The summed E-state index contributed by atoms with van der Waals surface area (Å²) in [6.07, 6.45) is 0.386. The first-order valence-electron chi connectivity index (χ1n) is 5.71. The van der Waals surface area contributed by atoms with Gasteiger partial charge >= 0.3 is 0 Å². The minimum atomic E-state index is -1.19. The minimum absolute atomic E-state index is 0.373. The van der Waals surface area contributed by atoms with Crippen molar-refractivity contribution in [2.24, 2.45) is 0 Å². The third-order valence-corrected chi connectivity index (χ3v) is 3.23. The molecule has 1 nitrogen and oxygen atoms in total. The van der Waals surface area contributed by atoms with Crippen LogP contribution in [0.15, 0.2) is 48.5 Å². The van der Waals surface area contributed by atoms with Gasteiger partial charge in [0.05, 0.1) is 5.60 Å². The Morgan fingerprint density at radius 2 is 1.83 bits per heavy atom. The maximum absolute atomic E-state index is 13.2. The van der Waals surface area contributed by atoms with Crippen LogP contribution in [-0.2, 0) is 12.0 Å². The summed E-state index contributed by atoms with van der Waals surface area (Å²) in [5, 5.41) is 10.9. The molecule has 0 aliphatic rings. The van der Waals surface area contributed by atoms with Crippen molar-refractivity contribution in [3.63, 3.8) is 0 Å². The molecule has 1 unspecified atom stereocenters. The second kappa shape index (κ2) is 5.09. The van der Waals surface area contributed by atoms with Gasteiger partial charge < -0.3 is 5.11 Å². The Bertz CT molecular complexity index is 537. The molecule has 0 fully saturated rings. The summed E-state index contributed by atoms with van der Waals surface area (Å²) in [5.74, 6) is -0.400. The summed E-state index contributed by atoms with van der Waals surface area (Å²) in [7, 11) is 0. The number of rotatable bonds is 3. The average Bonchev–Trinajstić information content (AvgIpc) is 2.33. The molecule has 0 aliphatic carbocycles. The second-order valence-corrected chi connectivity index (χ2v) is 4.97. The van der Waals surface area contributed by atoms with E-state index in [2.05, 4.69) is 0 Å². The number of halogens is 2. The zero-order valence-corrected chi connectivity index (χ0v) is 10.8. The second-order valence-electron chi connectivity index (χ2n) is 4.56. The van der Waals surface area contributed by atoms with Crippen LogP contribution in [-0.4, -0.2) is 5.11 Å². The largest absolute Gasteiger partial charge is 0.385 e. The summed E-state index contributed by atoms with van der Waals surface area (Å²) in [4.78, 5) is 0. The van der Waals surface area contributed by atoms with Crippen LogP contribution in [0.25, 0.3) is 0 Å². The molecular weight excluding hydrogens is 251 g/mol.